The molecule has 0 bridgehead atoms. The normalized spacial score (nSPS) is 11.0. The number of benzene rings is 6. The Kier molecular flexibility index (Phi) is 6.15. The van der Waals surface area contributed by atoms with Crippen molar-refractivity contribution in [3.8, 4) is 33.4 Å². The number of nitrogens with zero attached hydrogens (tertiary/aromatic N) is 2. The van der Waals surface area contributed by atoms with Crippen LogP contribution in [0.2, 0.25) is 0 Å². The van der Waals surface area contributed by atoms with Crippen molar-refractivity contribution in [2.75, 3.05) is 4.90 Å². The maximum absolute atomic E-state index is 5.45. The highest BCUT2D eigenvalue weighted by atomic mass is 16.3. The van der Waals surface area contributed by atoms with Gasteiger partial charge >= 0.3 is 0 Å². The van der Waals surface area contributed by atoms with Crippen LogP contribution in [0.1, 0.15) is 0 Å². The largest absolute Gasteiger partial charge is 0.443 e. The standard InChI is InChI=1S/C37H26N2O/c1-3-8-27(9-4-1)29-14-19-33(20-15-29)39(34-21-16-30(17-22-34)28-10-5-2-6-11-28)35-13-7-12-31(24-35)32-18-23-37-36(25-32)38-26-40-37/h1-26H. The van der Waals surface area contributed by atoms with Crippen LogP contribution < -0.4 is 4.90 Å². The second kappa shape index (κ2) is 10.4. The van der Waals surface area contributed by atoms with Gasteiger partial charge in [0.05, 0.1) is 0 Å². The summed E-state index contributed by atoms with van der Waals surface area (Å²) < 4.78 is 5.45. The molecule has 3 nitrogen and oxygen atoms in total. The molecule has 0 saturated carbocycles. The predicted octanol–water partition coefficient (Wildman–Crippen LogP) is 10.3. The van der Waals surface area contributed by atoms with Crippen molar-refractivity contribution >= 4 is 28.2 Å². The van der Waals surface area contributed by atoms with Crippen LogP contribution in [0, 0.1) is 0 Å². The monoisotopic (exact) mass is 514 g/mol. The Labute approximate surface area is 233 Å². The van der Waals surface area contributed by atoms with E-state index in [2.05, 4.69) is 143 Å². The quantitative estimate of drug-likeness (QED) is 0.221. The van der Waals surface area contributed by atoms with Gasteiger partial charge in [0.15, 0.2) is 12.0 Å². The first-order valence-corrected chi connectivity index (χ1v) is 13.4. The minimum atomic E-state index is 0.790. The maximum Gasteiger partial charge on any atom is 0.181 e. The molecule has 40 heavy (non-hydrogen) atoms. The lowest BCUT2D eigenvalue weighted by Gasteiger charge is -2.26. The summed E-state index contributed by atoms with van der Waals surface area (Å²) in [6, 6.07) is 53.3. The first-order chi connectivity index (χ1) is 19.8. The highest BCUT2D eigenvalue weighted by Gasteiger charge is 2.14. The highest BCUT2D eigenvalue weighted by molar-refractivity contribution is 5.84. The molecule has 0 radical (unpaired) electrons. The number of oxazole rings is 1. The third-order valence-electron chi connectivity index (χ3n) is 7.23. The van der Waals surface area contributed by atoms with E-state index in [0.29, 0.717) is 0 Å². The van der Waals surface area contributed by atoms with Crippen LogP contribution in [0.15, 0.2) is 162 Å². The third-order valence-corrected chi connectivity index (χ3v) is 7.23. The third kappa shape index (κ3) is 4.65. The van der Waals surface area contributed by atoms with Gasteiger partial charge in [-0.2, -0.15) is 0 Å². The van der Waals surface area contributed by atoms with Crippen LogP contribution in [0.25, 0.3) is 44.5 Å². The molecule has 0 spiro atoms. The first-order valence-electron chi connectivity index (χ1n) is 13.4. The van der Waals surface area contributed by atoms with Gasteiger partial charge in [0.2, 0.25) is 0 Å². The van der Waals surface area contributed by atoms with Gasteiger partial charge in [-0.25, -0.2) is 4.98 Å². The summed E-state index contributed by atoms with van der Waals surface area (Å²) in [5.74, 6) is 0. The minimum Gasteiger partial charge on any atom is -0.443 e. The smallest absolute Gasteiger partial charge is 0.181 e. The van der Waals surface area contributed by atoms with Crippen LogP contribution in [-0.4, -0.2) is 4.98 Å². The summed E-state index contributed by atoms with van der Waals surface area (Å²) in [5, 5.41) is 0. The number of fused-ring (bicyclic) bond motifs is 1. The van der Waals surface area contributed by atoms with E-state index in [9.17, 15) is 0 Å². The summed E-state index contributed by atoms with van der Waals surface area (Å²) >= 11 is 0. The zero-order valence-electron chi connectivity index (χ0n) is 21.8. The summed E-state index contributed by atoms with van der Waals surface area (Å²) in [5.41, 5.74) is 11.9. The van der Waals surface area contributed by atoms with Gasteiger partial charge in [-0.1, -0.05) is 103 Å². The molecular formula is C37H26N2O. The van der Waals surface area contributed by atoms with Crippen LogP contribution in [0.3, 0.4) is 0 Å². The number of aromatic nitrogens is 1. The van der Waals surface area contributed by atoms with E-state index in [0.717, 1.165) is 39.3 Å². The second-order valence-electron chi connectivity index (χ2n) is 9.75. The van der Waals surface area contributed by atoms with E-state index in [1.165, 1.54) is 28.6 Å². The Morgan fingerprint density at radius 2 is 0.900 bits per heavy atom. The number of hydrogen-bond acceptors (Lipinski definition) is 3. The molecule has 0 aliphatic heterocycles. The molecule has 0 fully saturated rings. The van der Waals surface area contributed by atoms with Gasteiger partial charge in [-0.05, 0) is 81.9 Å². The fourth-order valence-corrected chi connectivity index (χ4v) is 5.18. The zero-order chi connectivity index (χ0) is 26.7. The lowest BCUT2D eigenvalue weighted by Crippen LogP contribution is -2.10. The Morgan fingerprint density at radius 3 is 1.50 bits per heavy atom. The van der Waals surface area contributed by atoms with E-state index >= 15 is 0 Å². The molecular weight excluding hydrogens is 488 g/mol. The van der Waals surface area contributed by atoms with Crippen molar-refractivity contribution in [3.05, 3.63) is 158 Å². The molecule has 1 heterocycles. The first kappa shape index (κ1) is 23.7. The SMILES string of the molecule is c1ccc(-c2ccc(N(c3ccc(-c4ccccc4)cc3)c3cccc(-c4ccc5ocnc5c4)c3)cc2)cc1. The summed E-state index contributed by atoms with van der Waals surface area (Å²) in [6.45, 7) is 0. The Morgan fingerprint density at radius 1 is 0.400 bits per heavy atom. The average molecular weight is 515 g/mol. The van der Waals surface area contributed by atoms with Crippen molar-refractivity contribution in [3.63, 3.8) is 0 Å². The molecule has 0 aliphatic rings. The van der Waals surface area contributed by atoms with Crippen LogP contribution in [0.4, 0.5) is 17.1 Å². The van der Waals surface area contributed by atoms with Crippen molar-refractivity contribution in [1.82, 2.24) is 4.98 Å². The van der Waals surface area contributed by atoms with Gasteiger partial charge in [-0.15, -0.1) is 0 Å². The van der Waals surface area contributed by atoms with E-state index in [4.69, 9.17) is 4.42 Å². The molecule has 1 aromatic heterocycles. The zero-order valence-corrected chi connectivity index (χ0v) is 21.8. The van der Waals surface area contributed by atoms with E-state index in [1.54, 1.807) is 0 Å². The Bertz CT molecular complexity index is 1790. The van der Waals surface area contributed by atoms with Gasteiger partial charge in [-0.3, -0.25) is 0 Å². The maximum atomic E-state index is 5.45. The molecule has 3 heteroatoms. The van der Waals surface area contributed by atoms with Gasteiger partial charge in [0.1, 0.15) is 5.52 Å². The highest BCUT2D eigenvalue weighted by Crippen LogP contribution is 2.38. The van der Waals surface area contributed by atoms with E-state index < -0.39 is 0 Å². The summed E-state index contributed by atoms with van der Waals surface area (Å²) in [4.78, 5) is 6.65. The van der Waals surface area contributed by atoms with Gasteiger partial charge in [0.25, 0.3) is 0 Å². The molecule has 190 valence electrons. The van der Waals surface area contributed by atoms with Crippen molar-refractivity contribution in [2.24, 2.45) is 0 Å². The molecule has 0 saturated heterocycles. The van der Waals surface area contributed by atoms with Crippen LogP contribution >= 0.6 is 0 Å². The molecule has 0 unspecified atom stereocenters. The topological polar surface area (TPSA) is 29.3 Å². The Balaban J connectivity index is 1.31. The molecule has 6 aromatic carbocycles. The summed E-state index contributed by atoms with van der Waals surface area (Å²) in [6.07, 6.45) is 1.49. The number of hydrogen-bond donors (Lipinski definition) is 0. The lowest BCUT2D eigenvalue weighted by atomic mass is 10.0. The number of rotatable bonds is 6. The van der Waals surface area contributed by atoms with Crippen LogP contribution in [0.5, 0.6) is 0 Å². The number of anilines is 3. The van der Waals surface area contributed by atoms with E-state index in [-0.39, 0.29) is 0 Å². The van der Waals surface area contributed by atoms with Crippen molar-refractivity contribution in [1.29, 1.82) is 0 Å². The summed E-state index contributed by atoms with van der Waals surface area (Å²) in [7, 11) is 0. The fraction of sp³-hybridized carbons (Fsp3) is 0. The molecule has 0 atom stereocenters. The molecule has 0 amide bonds. The van der Waals surface area contributed by atoms with Crippen molar-refractivity contribution < 1.29 is 4.42 Å². The molecule has 0 aliphatic carbocycles. The predicted molar refractivity (Wildman–Crippen MR) is 165 cm³/mol. The van der Waals surface area contributed by atoms with Crippen LogP contribution in [-0.2, 0) is 0 Å². The average Bonchev–Trinajstić information content (AvgIpc) is 3.51. The molecule has 7 aromatic rings. The second-order valence-corrected chi connectivity index (χ2v) is 9.75. The molecule has 7 rings (SSSR count). The minimum absolute atomic E-state index is 0.790. The van der Waals surface area contributed by atoms with Gasteiger partial charge < -0.3 is 9.32 Å². The fourth-order valence-electron chi connectivity index (χ4n) is 5.18. The van der Waals surface area contributed by atoms with Gasteiger partial charge in [0, 0.05) is 17.1 Å². The molecule has 0 N–H and O–H groups in total. The Hall–Kier alpha value is -5.41. The lowest BCUT2D eigenvalue weighted by molar-refractivity contribution is 0.602. The van der Waals surface area contributed by atoms with Crippen molar-refractivity contribution in [2.45, 2.75) is 0 Å². The van der Waals surface area contributed by atoms with E-state index in [1.807, 2.05) is 18.2 Å².